The molecular formula is C11H12N2O3. The molecule has 0 saturated carbocycles. The number of aromatic nitrogens is 2. The van der Waals surface area contributed by atoms with Crippen LogP contribution in [-0.2, 0) is 6.54 Å². The zero-order chi connectivity index (χ0) is 11.5. The van der Waals surface area contributed by atoms with Crippen LogP contribution in [0.15, 0.2) is 29.3 Å². The fraction of sp³-hybridized carbons (Fsp3) is 0.273. The van der Waals surface area contributed by atoms with E-state index in [0.29, 0.717) is 16.7 Å². The second kappa shape index (κ2) is 4.32. The molecule has 0 spiro atoms. The average molecular weight is 220 g/mol. The summed E-state index contributed by atoms with van der Waals surface area (Å²) in [5.74, 6) is 0.666. The Hall–Kier alpha value is -1.88. The van der Waals surface area contributed by atoms with Gasteiger partial charge in [-0.1, -0.05) is 0 Å². The molecule has 0 bridgehead atoms. The molecule has 0 amide bonds. The quantitative estimate of drug-likeness (QED) is 0.813. The van der Waals surface area contributed by atoms with Gasteiger partial charge in [0.1, 0.15) is 5.75 Å². The zero-order valence-corrected chi connectivity index (χ0v) is 8.88. The smallest absolute Gasteiger partial charge is 0.261 e. The monoisotopic (exact) mass is 220 g/mol. The van der Waals surface area contributed by atoms with E-state index in [1.807, 2.05) is 0 Å². The third kappa shape index (κ3) is 1.77. The Kier molecular flexibility index (Phi) is 2.87. The Morgan fingerprint density at radius 1 is 1.50 bits per heavy atom. The molecule has 0 unspecified atom stereocenters. The predicted molar refractivity (Wildman–Crippen MR) is 59.6 cm³/mol. The summed E-state index contributed by atoms with van der Waals surface area (Å²) in [6, 6.07) is 5.10. The van der Waals surface area contributed by atoms with Gasteiger partial charge in [-0.2, -0.15) is 0 Å². The molecular weight excluding hydrogens is 208 g/mol. The Labute approximate surface area is 91.9 Å². The third-order valence-corrected chi connectivity index (χ3v) is 2.37. The summed E-state index contributed by atoms with van der Waals surface area (Å²) in [5.41, 5.74) is 0.445. The van der Waals surface area contributed by atoms with Crippen LogP contribution < -0.4 is 10.3 Å². The van der Waals surface area contributed by atoms with Crippen molar-refractivity contribution in [1.82, 2.24) is 9.55 Å². The molecule has 0 aliphatic heterocycles. The van der Waals surface area contributed by atoms with Gasteiger partial charge >= 0.3 is 0 Å². The number of hydrogen-bond donors (Lipinski definition) is 1. The first-order valence-corrected chi connectivity index (χ1v) is 4.90. The van der Waals surface area contributed by atoms with Gasteiger partial charge in [0.25, 0.3) is 5.56 Å². The van der Waals surface area contributed by atoms with Gasteiger partial charge in [-0.15, -0.1) is 0 Å². The van der Waals surface area contributed by atoms with E-state index in [0.717, 1.165) is 0 Å². The highest BCUT2D eigenvalue weighted by atomic mass is 16.5. The number of methoxy groups -OCH3 is 1. The molecule has 5 nitrogen and oxygen atoms in total. The van der Waals surface area contributed by atoms with Crippen LogP contribution in [0.2, 0.25) is 0 Å². The third-order valence-electron chi connectivity index (χ3n) is 2.37. The van der Waals surface area contributed by atoms with Crippen molar-refractivity contribution < 1.29 is 9.84 Å². The molecule has 0 atom stereocenters. The molecule has 1 aromatic carbocycles. The Bertz CT molecular complexity index is 563. The molecule has 84 valence electrons. The summed E-state index contributed by atoms with van der Waals surface area (Å²) in [5, 5.41) is 9.32. The van der Waals surface area contributed by atoms with E-state index in [-0.39, 0.29) is 18.7 Å². The number of fused-ring (bicyclic) bond motifs is 1. The highest BCUT2D eigenvalue weighted by Crippen LogP contribution is 2.15. The lowest BCUT2D eigenvalue weighted by molar-refractivity contribution is 0.274. The van der Waals surface area contributed by atoms with E-state index in [1.54, 1.807) is 25.3 Å². The number of benzene rings is 1. The zero-order valence-electron chi connectivity index (χ0n) is 8.88. The van der Waals surface area contributed by atoms with Gasteiger partial charge in [0.2, 0.25) is 0 Å². The molecule has 2 rings (SSSR count). The lowest BCUT2D eigenvalue weighted by Gasteiger charge is -2.05. The minimum atomic E-state index is -0.151. The number of aliphatic hydroxyl groups is 1. The molecule has 0 fully saturated rings. The van der Waals surface area contributed by atoms with Crippen molar-refractivity contribution in [3.8, 4) is 5.75 Å². The summed E-state index contributed by atoms with van der Waals surface area (Å²) < 4.78 is 6.43. The number of rotatable bonds is 3. The van der Waals surface area contributed by atoms with Gasteiger partial charge in [-0.3, -0.25) is 9.36 Å². The molecule has 5 heteroatoms. The fourth-order valence-electron chi connectivity index (χ4n) is 1.53. The van der Waals surface area contributed by atoms with E-state index in [4.69, 9.17) is 9.84 Å². The maximum atomic E-state index is 11.9. The summed E-state index contributed by atoms with van der Waals surface area (Å²) in [7, 11) is 1.56. The highest BCUT2D eigenvalue weighted by molar-refractivity contribution is 5.78. The van der Waals surface area contributed by atoms with Crippen molar-refractivity contribution in [3.63, 3.8) is 0 Å². The van der Waals surface area contributed by atoms with Gasteiger partial charge in [0.05, 0.1) is 37.5 Å². The minimum absolute atomic E-state index is 0.0801. The normalized spacial score (nSPS) is 10.6. The van der Waals surface area contributed by atoms with Gasteiger partial charge in [0.15, 0.2) is 0 Å². The second-order valence-corrected chi connectivity index (χ2v) is 3.35. The molecule has 16 heavy (non-hydrogen) atoms. The molecule has 1 heterocycles. The van der Waals surface area contributed by atoms with Crippen LogP contribution in [0, 0.1) is 0 Å². The summed E-state index contributed by atoms with van der Waals surface area (Å²) in [4.78, 5) is 16.0. The standard InChI is InChI=1S/C11H12N2O3/c1-16-8-2-3-9-10(6-8)12-7-13(4-5-14)11(9)15/h2-3,6-7,14H,4-5H2,1H3. The summed E-state index contributed by atoms with van der Waals surface area (Å²) in [6.07, 6.45) is 1.43. The lowest BCUT2D eigenvalue weighted by Crippen LogP contribution is -2.22. The largest absolute Gasteiger partial charge is 0.497 e. The maximum Gasteiger partial charge on any atom is 0.261 e. The van der Waals surface area contributed by atoms with Gasteiger partial charge < -0.3 is 9.84 Å². The summed E-state index contributed by atoms with van der Waals surface area (Å²) in [6.45, 7) is 0.178. The van der Waals surface area contributed by atoms with Crippen LogP contribution in [0.4, 0.5) is 0 Å². The van der Waals surface area contributed by atoms with Crippen LogP contribution in [0.5, 0.6) is 5.75 Å². The van der Waals surface area contributed by atoms with Gasteiger partial charge in [-0.05, 0) is 12.1 Å². The van der Waals surface area contributed by atoms with Crippen molar-refractivity contribution >= 4 is 10.9 Å². The number of hydrogen-bond acceptors (Lipinski definition) is 4. The van der Waals surface area contributed by atoms with Crippen molar-refractivity contribution in [2.75, 3.05) is 13.7 Å². The number of ether oxygens (including phenoxy) is 1. The SMILES string of the molecule is COc1ccc2c(=O)n(CCO)cnc2c1. The van der Waals surface area contributed by atoms with Crippen LogP contribution in [-0.4, -0.2) is 28.4 Å². The average Bonchev–Trinajstić information content (AvgIpc) is 2.32. The molecule has 0 saturated heterocycles. The van der Waals surface area contributed by atoms with Crippen LogP contribution in [0.25, 0.3) is 10.9 Å². The van der Waals surface area contributed by atoms with Crippen LogP contribution in [0.3, 0.4) is 0 Å². The Balaban J connectivity index is 2.62. The van der Waals surface area contributed by atoms with Gasteiger partial charge in [-0.25, -0.2) is 4.98 Å². The van der Waals surface area contributed by atoms with Crippen molar-refractivity contribution in [1.29, 1.82) is 0 Å². The van der Waals surface area contributed by atoms with Gasteiger partial charge in [0, 0.05) is 6.07 Å². The molecule has 0 aliphatic carbocycles. The van der Waals surface area contributed by atoms with Crippen molar-refractivity contribution in [2.45, 2.75) is 6.54 Å². The topological polar surface area (TPSA) is 64.3 Å². The molecule has 1 aromatic heterocycles. The summed E-state index contributed by atoms with van der Waals surface area (Å²) >= 11 is 0. The number of aliphatic hydroxyl groups excluding tert-OH is 1. The van der Waals surface area contributed by atoms with Crippen LogP contribution in [0.1, 0.15) is 0 Å². The van der Waals surface area contributed by atoms with E-state index >= 15 is 0 Å². The van der Waals surface area contributed by atoms with E-state index in [9.17, 15) is 4.79 Å². The molecule has 0 radical (unpaired) electrons. The predicted octanol–water partition coefficient (Wildman–Crippen LogP) is 0.397. The Morgan fingerprint density at radius 2 is 2.31 bits per heavy atom. The van der Waals surface area contributed by atoms with E-state index < -0.39 is 0 Å². The first kappa shape index (κ1) is 10.6. The van der Waals surface area contributed by atoms with E-state index in [2.05, 4.69) is 4.98 Å². The first-order chi connectivity index (χ1) is 7.76. The molecule has 0 aliphatic rings. The maximum absolute atomic E-state index is 11.9. The lowest BCUT2D eigenvalue weighted by atomic mass is 10.2. The van der Waals surface area contributed by atoms with Crippen molar-refractivity contribution in [2.24, 2.45) is 0 Å². The number of nitrogens with zero attached hydrogens (tertiary/aromatic N) is 2. The first-order valence-electron chi connectivity index (χ1n) is 4.90. The molecule has 2 aromatic rings. The molecule has 1 N–H and O–H groups in total. The highest BCUT2D eigenvalue weighted by Gasteiger charge is 2.04. The minimum Gasteiger partial charge on any atom is -0.497 e. The van der Waals surface area contributed by atoms with Crippen LogP contribution >= 0.6 is 0 Å². The van der Waals surface area contributed by atoms with Crippen molar-refractivity contribution in [3.05, 3.63) is 34.9 Å². The Morgan fingerprint density at radius 3 is 3.00 bits per heavy atom. The second-order valence-electron chi connectivity index (χ2n) is 3.35. The fourth-order valence-corrected chi connectivity index (χ4v) is 1.53. The van der Waals surface area contributed by atoms with E-state index in [1.165, 1.54) is 10.9 Å².